The van der Waals surface area contributed by atoms with Crippen LogP contribution in [0.1, 0.15) is 29.8 Å². The molecule has 0 bridgehead atoms. The lowest BCUT2D eigenvalue weighted by atomic mass is 9.97. The molecular weight excluding hydrogens is 263 g/mol. The zero-order valence-corrected chi connectivity index (χ0v) is 11.5. The van der Waals surface area contributed by atoms with E-state index in [1.807, 2.05) is 0 Å². The van der Waals surface area contributed by atoms with Crippen molar-refractivity contribution in [2.75, 3.05) is 6.54 Å². The second kappa shape index (κ2) is 4.70. The van der Waals surface area contributed by atoms with Gasteiger partial charge in [-0.15, -0.1) is 0 Å². The maximum Gasteiger partial charge on any atom is 0.258 e. The number of nitrogens with one attached hydrogen (secondary N) is 1. The highest BCUT2D eigenvalue weighted by Crippen LogP contribution is 2.22. The van der Waals surface area contributed by atoms with Gasteiger partial charge in [0, 0.05) is 0 Å². The first-order valence-electron chi connectivity index (χ1n) is 6.16. The largest absolute Gasteiger partial charge is 0.315 e. The summed E-state index contributed by atoms with van der Waals surface area (Å²) in [4.78, 5) is 36.7. The number of amides is 3. The van der Waals surface area contributed by atoms with Crippen molar-refractivity contribution in [3.8, 4) is 0 Å². The van der Waals surface area contributed by atoms with Crippen LogP contribution in [-0.2, 0) is 9.59 Å². The molecular formula is C14H15FN2O3. The maximum absolute atomic E-state index is 13.9. The molecule has 0 atom stereocenters. The van der Waals surface area contributed by atoms with Crippen LogP contribution >= 0.6 is 0 Å². The highest BCUT2D eigenvalue weighted by molar-refractivity contribution is 6.08. The summed E-state index contributed by atoms with van der Waals surface area (Å²) in [5.41, 5.74) is -0.667. The Kier molecular flexibility index (Phi) is 3.33. The Morgan fingerprint density at radius 3 is 2.60 bits per heavy atom. The van der Waals surface area contributed by atoms with Crippen LogP contribution in [0.3, 0.4) is 0 Å². The van der Waals surface area contributed by atoms with Gasteiger partial charge >= 0.3 is 0 Å². The number of piperazine rings is 1. The molecule has 1 aliphatic heterocycles. The molecule has 3 amide bonds. The standard InChI is InChI=1S/C14H15FN2O3/c1-8-4-5-9(10(15)6-8)12(19)17-7-11(18)16-13(20)14(17,2)3/h4-6H,7H2,1-3H3,(H,16,18,20). The number of carbonyl (C=O) groups is 3. The van der Waals surface area contributed by atoms with Crippen LogP contribution in [0, 0.1) is 12.7 Å². The van der Waals surface area contributed by atoms with Gasteiger partial charge in [-0.05, 0) is 38.5 Å². The third-order valence-electron chi connectivity index (χ3n) is 3.39. The minimum Gasteiger partial charge on any atom is -0.315 e. The molecule has 0 spiro atoms. The fourth-order valence-electron chi connectivity index (χ4n) is 2.05. The molecule has 0 radical (unpaired) electrons. The van der Waals surface area contributed by atoms with Crippen LogP contribution in [0.4, 0.5) is 4.39 Å². The number of hydrogen-bond donors (Lipinski definition) is 1. The molecule has 5 nitrogen and oxygen atoms in total. The first-order chi connectivity index (χ1) is 9.23. The Labute approximate surface area is 115 Å². The van der Waals surface area contributed by atoms with Crippen LogP contribution in [0.15, 0.2) is 18.2 Å². The van der Waals surface area contributed by atoms with Crippen LogP contribution in [-0.4, -0.2) is 34.7 Å². The lowest BCUT2D eigenvalue weighted by Crippen LogP contribution is -2.65. The van der Waals surface area contributed by atoms with Crippen LogP contribution in [0.5, 0.6) is 0 Å². The van der Waals surface area contributed by atoms with E-state index in [9.17, 15) is 18.8 Å². The number of imide groups is 1. The lowest BCUT2D eigenvalue weighted by molar-refractivity contribution is -0.143. The van der Waals surface area contributed by atoms with Crippen molar-refractivity contribution >= 4 is 17.7 Å². The van der Waals surface area contributed by atoms with Gasteiger partial charge in [0.05, 0.1) is 5.56 Å². The Hall–Kier alpha value is -2.24. The summed E-state index contributed by atoms with van der Waals surface area (Å²) < 4.78 is 13.9. The number of rotatable bonds is 1. The zero-order valence-electron chi connectivity index (χ0n) is 11.5. The zero-order chi connectivity index (χ0) is 15.1. The molecule has 1 aromatic carbocycles. The number of aryl methyl sites for hydroxylation is 1. The number of halogens is 1. The predicted octanol–water partition coefficient (Wildman–Crippen LogP) is 1.01. The van der Waals surface area contributed by atoms with Gasteiger partial charge in [-0.3, -0.25) is 19.7 Å². The SMILES string of the molecule is Cc1ccc(C(=O)N2CC(=O)NC(=O)C2(C)C)c(F)c1. The van der Waals surface area contributed by atoms with Crippen molar-refractivity contribution in [2.24, 2.45) is 0 Å². The second-order valence-corrected chi connectivity index (χ2v) is 5.31. The van der Waals surface area contributed by atoms with Gasteiger partial charge in [0.1, 0.15) is 17.9 Å². The summed E-state index contributed by atoms with van der Waals surface area (Å²) in [5, 5.41) is 2.16. The number of benzene rings is 1. The van der Waals surface area contributed by atoms with E-state index in [4.69, 9.17) is 0 Å². The van der Waals surface area contributed by atoms with Crippen molar-refractivity contribution in [1.82, 2.24) is 10.2 Å². The molecule has 106 valence electrons. The smallest absolute Gasteiger partial charge is 0.258 e. The average molecular weight is 278 g/mol. The van der Waals surface area contributed by atoms with Gasteiger partial charge in [0.25, 0.3) is 11.8 Å². The summed E-state index contributed by atoms with van der Waals surface area (Å²) in [6.07, 6.45) is 0. The van der Waals surface area contributed by atoms with E-state index in [1.165, 1.54) is 26.0 Å². The van der Waals surface area contributed by atoms with Crippen molar-refractivity contribution in [2.45, 2.75) is 26.3 Å². The summed E-state index contributed by atoms with van der Waals surface area (Å²) in [7, 11) is 0. The molecule has 1 N–H and O–H groups in total. The Bertz CT molecular complexity index is 610. The fourth-order valence-corrected chi connectivity index (χ4v) is 2.05. The summed E-state index contributed by atoms with van der Waals surface area (Å²) >= 11 is 0. The third-order valence-corrected chi connectivity index (χ3v) is 3.39. The van der Waals surface area contributed by atoms with E-state index in [0.29, 0.717) is 5.56 Å². The highest BCUT2D eigenvalue weighted by Gasteiger charge is 2.44. The van der Waals surface area contributed by atoms with Gasteiger partial charge in [-0.2, -0.15) is 0 Å². The van der Waals surface area contributed by atoms with Gasteiger partial charge in [-0.25, -0.2) is 4.39 Å². The average Bonchev–Trinajstić information content (AvgIpc) is 2.33. The molecule has 1 aliphatic rings. The predicted molar refractivity (Wildman–Crippen MR) is 69.4 cm³/mol. The van der Waals surface area contributed by atoms with Crippen molar-refractivity contribution < 1.29 is 18.8 Å². The van der Waals surface area contributed by atoms with Gasteiger partial charge in [-0.1, -0.05) is 6.07 Å². The first-order valence-corrected chi connectivity index (χ1v) is 6.16. The molecule has 1 aromatic rings. The molecule has 0 saturated carbocycles. The lowest BCUT2D eigenvalue weighted by Gasteiger charge is -2.40. The molecule has 1 fully saturated rings. The molecule has 2 rings (SSSR count). The van der Waals surface area contributed by atoms with Crippen LogP contribution < -0.4 is 5.32 Å². The quantitative estimate of drug-likeness (QED) is 0.780. The monoisotopic (exact) mass is 278 g/mol. The number of carbonyl (C=O) groups excluding carboxylic acids is 3. The van der Waals surface area contributed by atoms with Crippen molar-refractivity contribution in [3.63, 3.8) is 0 Å². The molecule has 6 heteroatoms. The Balaban J connectivity index is 2.40. The molecule has 0 aromatic heterocycles. The van der Waals surface area contributed by atoms with Crippen LogP contribution in [0.25, 0.3) is 0 Å². The highest BCUT2D eigenvalue weighted by atomic mass is 19.1. The fraction of sp³-hybridized carbons (Fsp3) is 0.357. The minimum atomic E-state index is -1.21. The molecule has 0 unspecified atom stereocenters. The Morgan fingerprint density at radius 2 is 2.00 bits per heavy atom. The van der Waals surface area contributed by atoms with Crippen molar-refractivity contribution in [1.29, 1.82) is 0 Å². The van der Waals surface area contributed by atoms with E-state index in [-0.39, 0.29) is 12.1 Å². The van der Waals surface area contributed by atoms with Gasteiger partial charge in [0.15, 0.2) is 0 Å². The molecule has 1 heterocycles. The minimum absolute atomic E-state index is 0.147. The van der Waals surface area contributed by atoms with Gasteiger partial charge < -0.3 is 4.90 Å². The topological polar surface area (TPSA) is 66.5 Å². The van der Waals surface area contributed by atoms with E-state index >= 15 is 0 Å². The normalized spacial score (nSPS) is 17.9. The molecule has 20 heavy (non-hydrogen) atoms. The van der Waals surface area contributed by atoms with Gasteiger partial charge in [0.2, 0.25) is 5.91 Å². The van der Waals surface area contributed by atoms with E-state index < -0.39 is 29.1 Å². The summed E-state index contributed by atoms with van der Waals surface area (Å²) in [6.45, 7) is 4.46. The third kappa shape index (κ3) is 2.29. The summed E-state index contributed by atoms with van der Waals surface area (Å²) in [5.74, 6) is -2.48. The second-order valence-electron chi connectivity index (χ2n) is 5.31. The maximum atomic E-state index is 13.9. The number of nitrogens with zero attached hydrogens (tertiary/aromatic N) is 1. The molecule has 1 saturated heterocycles. The van der Waals surface area contributed by atoms with Crippen molar-refractivity contribution in [3.05, 3.63) is 35.1 Å². The molecule has 0 aliphatic carbocycles. The Morgan fingerprint density at radius 1 is 1.35 bits per heavy atom. The van der Waals surface area contributed by atoms with Crippen LogP contribution in [0.2, 0.25) is 0 Å². The summed E-state index contributed by atoms with van der Waals surface area (Å²) in [6, 6.07) is 4.21. The number of hydrogen-bond acceptors (Lipinski definition) is 3. The van der Waals surface area contributed by atoms with E-state index in [0.717, 1.165) is 4.90 Å². The van der Waals surface area contributed by atoms with E-state index in [1.54, 1.807) is 13.0 Å². The van der Waals surface area contributed by atoms with E-state index in [2.05, 4.69) is 5.32 Å². The first kappa shape index (κ1) is 14.2.